The normalized spacial score (nSPS) is 34.0. The molecule has 6 atom stereocenters. The summed E-state index contributed by atoms with van der Waals surface area (Å²) < 4.78 is 0. The molecule has 2 N–H and O–H groups in total. The molecule has 2 unspecified atom stereocenters. The number of quaternary nitrogens is 2. The Hall–Kier alpha value is -0.653. The molecule has 6 rings (SSSR count). The maximum absolute atomic E-state index is 2.26. The molecule has 0 aromatic heterocycles. The van der Waals surface area contributed by atoms with Crippen LogP contribution in [0.1, 0.15) is 70.3 Å². The van der Waals surface area contributed by atoms with Gasteiger partial charge >= 0.3 is 18.9 Å². The number of rotatable bonds is 3. The Balaban J connectivity index is 0.000000150. The van der Waals surface area contributed by atoms with Gasteiger partial charge in [0, 0.05) is 12.8 Å². The fraction of sp³-hybridized carbons (Fsp3) is 0.679. The van der Waals surface area contributed by atoms with Gasteiger partial charge < -0.3 is 9.80 Å². The van der Waals surface area contributed by atoms with Crippen molar-refractivity contribution in [3.8, 4) is 0 Å². The van der Waals surface area contributed by atoms with Gasteiger partial charge in [-0.2, -0.15) is 6.07 Å². The van der Waals surface area contributed by atoms with E-state index in [1.165, 1.54) is 87.5 Å². The molecule has 0 spiro atoms. The maximum atomic E-state index is 2.26. The summed E-state index contributed by atoms with van der Waals surface area (Å²) in [5.74, 6) is 2.18. The van der Waals surface area contributed by atoms with E-state index in [1.807, 2.05) is 9.80 Å². The van der Waals surface area contributed by atoms with E-state index < -0.39 is 0 Å². The average Bonchev–Trinajstić information content (AvgIpc) is 3.21. The summed E-state index contributed by atoms with van der Waals surface area (Å²) in [6.45, 7) is 8.31. The molecule has 4 saturated heterocycles. The van der Waals surface area contributed by atoms with Crippen molar-refractivity contribution in [3.05, 3.63) is 42.0 Å². The van der Waals surface area contributed by atoms with Crippen LogP contribution in [0.15, 0.2) is 36.4 Å². The van der Waals surface area contributed by atoms with Gasteiger partial charge in [-0.3, -0.25) is 0 Å². The van der Waals surface area contributed by atoms with Gasteiger partial charge in [0.2, 0.25) is 0 Å². The molecule has 3 heteroatoms. The van der Waals surface area contributed by atoms with Crippen molar-refractivity contribution in [2.45, 2.75) is 83.2 Å². The molecular weight excluding hydrogens is 371 g/mol. The number of piperidine rings is 4. The van der Waals surface area contributed by atoms with Crippen LogP contribution in [0.2, 0.25) is 0 Å². The first kappa shape index (κ1) is 23.5. The van der Waals surface area contributed by atoms with Gasteiger partial charge in [0.05, 0.1) is 50.1 Å². The van der Waals surface area contributed by atoms with Gasteiger partial charge in [-0.05, 0) is 32.1 Å². The zero-order valence-corrected chi connectivity index (χ0v) is 20.2. The fourth-order valence-corrected chi connectivity index (χ4v) is 7.50. The third-order valence-corrected chi connectivity index (χ3v) is 8.94. The summed E-state index contributed by atoms with van der Waals surface area (Å²) in [6.07, 6.45) is 14.6. The van der Waals surface area contributed by atoms with E-state index in [0.717, 1.165) is 23.9 Å². The molecule has 164 valence electrons. The molecule has 0 radical (unpaired) electrons. The Labute approximate surface area is 202 Å². The van der Waals surface area contributed by atoms with Crippen LogP contribution in [0.5, 0.6) is 0 Å². The van der Waals surface area contributed by atoms with Gasteiger partial charge in [-0.15, -0.1) is 40.6 Å². The molecule has 0 amide bonds. The molecule has 4 fully saturated rings. The van der Waals surface area contributed by atoms with E-state index in [0.29, 0.717) is 0 Å². The molecule has 4 heterocycles. The quantitative estimate of drug-likeness (QED) is 0.532. The number of hydrogen-bond donors (Lipinski definition) is 2. The first-order chi connectivity index (χ1) is 14.8. The van der Waals surface area contributed by atoms with Crippen molar-refractivity contribution in [3.63, 3.8) is 0 Å². The number of fused-ring (bicyclic) bond motifs is 7. The minimum Gasteiger partial charge on any atom is -0.332 e. The van der Waals surface area contributed by atoms with E-state index in [9.17, 15) is 0 Å². The number of aryl methyl sites for hydroxylation is 1. The molecule has 2 aromatic rings. The molecule has 4 aliphatic rings. The largest absolute Gasteiger partial charge is 1.00 e. The third kappa shape index (κ3) is 5.14. The van der Waals surface area contributed by atoms with E-state index in [1.54, 1.807) is 19.3 Å². The maximum Gasteiger partial charge on any atom is 1.00 e. The SMILES string of the molecule is C1CC[NH+]2C[C@@H]3C[C@@H](C[NH+]4CCCC[C@@H]34)[C@H]2C1.CCCC[c-]1ccc2ccccc21.[Li+]. The van der Waals surface area contributed by atoms with Crippen molar-refractivity contribution in [1.82, 2.24) is 0 Å². The summed E-state index contributed by atoms with van der Waals surface area (Å²) in [6, 6.07) is 15.3. The molecule has 2 bridgehead atoms. The summed E-state index contributed by atoms with van der Waals surface area (Å²) >= 11 is 0. The first-order valence-corrected chi connectivity index (χ1v) is 13.2. The van der Waals surface area contributed by atoms with Gasteiger partial charge in [-0.25, -0.2) is 0 Å². The van der Waals surface area contributed by atoms with Crippen LogP contribution >= 0.6 is 0 Å². The van der Waals surface area contributed by atoms with Crippen molar-refractivity contribution in [2.24, 2.45) is 11.8 Å². The van der Waals surface area contributed by atoms with Crippen molar-refractivity contribution in [1.29, 1.82) is 0 Å². The van der Waals surface area contributed by atoms with Crippen molar-refractivity contribution < 1.29 is 28.7 Å². The van der Waals surface area contributed by atoms with Crippen LogP contribution in [0.3, 0.4) is 0 Å². The zero-order valence-electron chi connectivity index (χ0n) is 20.2. The Morgan fingerprint density at radius 1 is 0.871 bits per heavy atom. The second-order valence-corrected chi connectivity index (χ2v) is 10.7. The van der Waals surface area contributed by atoms with Crippen LogP contribution in [0.4, 0.5) is 0 Å². The minimum atomic E-state index is 0. The van der Waals surface area contributed by atoms with Crippen molar-refractivity contribution in [2.75, 3.05) is 26.2 Å². The van der Waals surface area contributed by atoms with E-state index >= 15 is 0 Å². The van der Waals surface area contributed by atoms with E-state index in [4.69, 9.17) is 0 Å². The Kier molecular flexibility index (Phi) is 8.32. The number of nitrogens with one attached hydrogen (secondary N) is 2. The Bertz CT molecular complexity index is 786. The standard InChI is InChI=1S/C15H26N2.C13H15.Li/c1-3-7-16-11-13-9-12(14(16)5-1)10-17-8-4-2-6-15(13)17;1-2-3-6-11-9-10-12-7-4-5-8-13(11)12;/h12-15H,1-11H2;4-5,7-10H,2-3,6H2,1H3;/q;-1;+1/p+2/t12-,13-,14-,15+;;/m0../s1. The molecule has 31 heavy (non-hydrogen) atoms. The summed E-state index contributed by atoms with van der Waals surface area (Å²) in [5.41, 5.74) is 1.51. The number of hydrogen-bond acceptors (Lipinski definition) is 0. The van der Waals surface area contributed by atoms with Crippen molar-refractivity contribution >= 4 is 10.8 Å². The van der Waals surface area contributed by atoms with Gasteiger partial charge in [0.15, 0.2) is 0 Å². The molecule has 2 aromatic carbocycles. The smallest absolute Gasteiger partial charge is 0.332 e. The van der Waals surface area contributed by atoms with Gasteiger partial charge in [0.1, 0.15) is 0 Å². The van der Waals surface area contributed by atoms with Crippen LogP contribution in [-0.2, 0) is 6.42 Å². The summed E-state index contributed by atoms with van der Waals surface area (Å²) in [7, 11) is 0. The molecule has 2 nitrogen and oxygen atoms in total. The van der Waals surface area contributed by atoms with Crippen LogP contribution in [-0.4, -0.2) is 38.3 Å². The van der Waals surface area contributed by atoms with Crippen LogP contribution < -0.4 is 28.7 Å². The first-order valence-electron chi connectivity index (χ1n) is 13.2. The van der Waals surface area contributed by atoms with Gasteiger partial charge in [0.25, 0.3) is 0 Å². The topological polar surface area (TPSA) is 8.88 Å². The van der Waals surface area contributed by atoms with Crippen LogP contribution in [0.25, 0.3) is 10.8 Å². The number of unbranched alkanes of at least 4 members (excludes halogenated alkanes) is 1. The Morgan fingerprint density at radius 2 is 1.52 bits per heavy atom. The summed E-state index contributed by atoms with van der Waals surface area (Å²) in [4.78, 5) is 4.03. The molecule has 0 saturated carbocycles. The predicted molar refractivity (Wildman–Crippen MR) is 126 cm³/mol. The van der Waals surface area contributed by atoms with Crippen LogP contribution in [0, 0.1) is 11.8 Å². The van der Waals surface area contributed by atoms with Gasteiger partial charge in [-0.1, -0.05) is 32.3 Å². The van der Waals surface area contributed by atoms with E-state index in [2.05, 4.69) is 43.3 Å². The molecule has 0 aliphatic carbocycles. The number of benzene rings is 1. The summed E-state index contributed by atoms with van der Waals surface area (Å²) in [5, 5.41) is 2.82. The average molecular weight is 415 g/mol. The zero-order chi connectivity index (χ0) is 20.3. The fourth-order valence-electron chi connectivity index (χ4n) is 7.50. The molecule has 4 aliphatic heterocycles. The predicted octanol–water partition coefficient (Wildman–Crippen LogP) is 0.416. The van der Waals surface area contributed by atoms with E-state index in [-0.39, 0.29) is 18.9 Å². The third-order valence-electron chi connectivity index (χ3n) is 8.94. The minimum absolute atomic E-state index is 0. The molecular formula is C28H43LiN2+2. The second-order valence-electron chi connectivity index (χ2n) is 10.7. The second kappa shape index (κ2) is 11.0. The monoisotopic (exact) mass is 414 g/mol. The Morgan fingerprint density at radius 3 is 2.16 bits per heavy atom.